The zero-order valence-corrected chi connectivity index (χ0v) is 10.0. The lowest BCUT2D eigenvalue weighted by Crippen LogP contribution is -2.31. The molecule has 2 rings (SSSR count). The van der Waals surface area contributed by atoms with Gasteiger partial charge in [0.2, 0.25) is 5.91 Å². The lowest BCUT2D eigenvalue weighted by atomic mass is 10.2. The molecular weight excluding hydrogens is 216 g/mol. The van der Waals surface area contributed by atoms with Crippen molar-refractivity contribution in [2.24, 2.45) is 0 Å². The Morgan fingerprint density at radius 1 is 1.53 bits per heavy atom. The normalized spacial score (nSPS) is 19.1. The van der Waals surface area contributed by atoms with E-state index in [1.54, 1.807) is 7.11 Å². The van der Waals surface area contributed by atoms with Gasteiger partial charge in [-0.05, 0) is 24.1 Å². The Kier molecular flexibility index (Phi) is 3.98. The fourth-order valence-electron chi connectivity index (χ4n) is 2.01. The Labute approximate surface area is 101 Å². The highest BCUT2D eigenvalue weighted by Gasteiger charge is 2.19. The number of ether oxygens (including phenoxy) is 1. The van der Waals surface area contributed by atoms with Crippen LogP contribution in [-0.2, 0) is 16.1 Å². The maximum absolute atomic E-state index is 11.0. The molecule has 1 saturated heterocycles. The van der Waals surface area contributed by atoms with Gasteiger partial charge in [0.05, 0.1) is 6.61 Å². The quantitative estimate of drug-likeness (QED) is 0.812. The van der Waals surface area contributed by atoms with Crippen molar-refractivity contribution >= 4 is 11.6 Å². The van der Waals surface area contributed by atoms with Crippen LogP contribution in [0.4, 0.5) is 5.69 Å². The SMILES string of the molecule is COCc1cccc(NCC2CCC(=O)N2)c1. The van der Waals surface area contributed by atoms with Crippen molar-refractivity contribution in [1.82, 2.24) is 5.32 Å². The lowest BCUT2D eigenvalue weighted by Gasteiger charge is -2.13. The molecule has 0 aromatic heterocycles. The van der Waals surface area contributed by atoms with Crippen molar-refractivity contribution in [2.45, 2.75) is 25.5 Å². The third kappa shape index (κ3) is 3.46. The smallest absolute Gasteiger partial charge is 0.220 e. The Bertz CT molecular complexity index is 393. The molecule has 1 aromatic carbocycles. The Morgan fingerprint density at radius 2 is 2.41 bits per heavy atom. The minimum Gasteiger partial charge on any atom is -0.383 e. The van der Waals surface area contributed by atoms with Gasteiger partial charge in [-0.3, -0.25) is 4.79 Å². The van der Waals surface area contributed by atoms with Gasteiger partial charge in [-0.2, -0.15) is 0 Å². The van der Waals surface area contributed by atoms with Gasteiger partial charge in [-0.25, -0.2) is 0 Å². The van der Waals surface area contributed by atoms with Crippen LogP contribution in [0.1, 0.15) is 18.4 Å². The summed E-state index contributed by atoms with van der Waals surface area (Å²) in [6.45, 7) is 1.40. The van der Waals surface area contributed by atoms with Gasteiger partial charge in [0.25, 0.3) is 0 Å². The molecule has 4 heteroatoms. The first kappa shape index (κ1) is 11.9. The van der Waals surface area contributed by atoms with Gasteiger partial charge in [0.15, 0.2) is 0 Å². The molecule has 0 spiro atoms. The molecule has 1 aromatic rings. The summed E-state index contributed by atoms with van der Waals surface area (Å²) >= 11 is 0. The van der Waals surface area contributed by atoms with E-state index in [1.165, 1.54) is 0 Å². The number of methoxy groups -OCH3 is 1. The highest BCUT2D eigenvalue weighted by molar-refractivity contribution is 5.78. The van der Waals surface area contributed by atoms with Crippen molar-refractivity contribution in [3.8, 4) is 0 Å². The van der Waals surface area contributed by atoms with Crippen molar-refractivity contribution in [1.29, 1.82) is 0 Å². The molecule has 1 atom stereocenters. The summed E-state index contributed by atoms with van der Waals surface area (Å²) in [6, 6.07) is 8.39. The van der Waals surface area contributed by atoms with E-state index in [2.05, 4.69) is 16.7 Å². The summed E-state index contributed by atoms with van der Waals surface area (Å²) in [5, 5.41) is 6.27. The molecule has 92 valence electrons. The zero-order valence-electron chi connectivity index (χ0n) is 10.0. The van der Waals surface area contributed by atoms with Gasteiger partial charge in [-0.1, -0.05) is 12.1 Å². The van der Waals surface area contributed by atoms with Crippen LogP contribution in [0.2, 0.25) is 0 Å². The van der Waals surface area contributed by atoms with Crippen molar-refractivity contribution in [3.05, 3.63) is 29.8 Å². The van der Waals surface area contributed by atoms with Gasteiger partial charge in [0.1, 0.15) is 0 Å². The second-order valence-electron chi connectivity index (χ2n) is 4.32. The number of hydrogen-bond acceptors (Lipinski definition) is 3. The molecule has 1 heterocycles. The highest BCUT2D eigenvalue weighted by atomic mass is 16.5. The summed E-state index contributed by atoms with van der Waals surface area (Å²) in [5.41, 5.74) is 2.22. The number of carbonyl (C=O) groups excluding carboxylic acids is 1. The number of carbonyl (C=O) groups is 1. The molecule has 1 aliphatic rings. The summed E-state index contributed by atoms with van der Waals surface area (Å²) < 4.78 is 5.09. The van der Waals surface area contributed by atoms with Crippen LogP contribution in [0.15, 0.2) is 24.3 Å². The summed E-state index contributed by atoms with van der Waals surface area (Å²) in [4.78, 5) is 11.0. The van der Waals surface area contributed by atoms with Gasteiger partial charge in [-0.15, -0.1) is 0 Å². The molecule has 1 fully saturated rings. The summed E-state index contributed by atoms with van der Waals surface area (Å²) in [7, 11) is 1.69. The first-order valence-electron chi connectivity index (χ1n) is 5.89. The first-order valence-corrected chi connectivity index (χ1v) is 5.89. The van der Waals surface area contributed by atoms with Crippen molar-refractivity contribution < 1.29 is 9.53 Å². The Hall–Kier alpha value is -1.55. The predicted molar refractivity (Wildman–Crippen MR) is 66.8 cm³/mol. The van der Waals surface area contributed by atoms with E-state index in [1.807, 2.05) is 18.2 Å². The van der Waals surface area contributed by atoms with E-state index in [0.717, 1.165) is 24.2 Å². The molecule has 0 saturated carbocycles. The molecule has 1 amide bonds. The monoisotopic (exact) mass is 234 g/mol. The maximum atomic E-state index is 11.0. The van der Waals surface area contributed by atoms with Crippen molar-refractivity contribution in [2.75, 3.05) is 19.0 Å². The number of benzene rings is 1. The van der Waals surface area contributed by atoms with Crippen LogP contribution >= 0.6 is 0 Å². The van der Waals surface area contributed by atoms with E-state index >= 15 is 0 Å². The van der Waals surface area contributed by atoms with Crippen LogP contribution < -0.4 is 10.6 Å². The minimum absolute atomic E-state index is 0.157. The van der Waals surface area contributed by atoms with E-state index in [-0.39, 0.29) is 11.9 Å². The second kappa shape index (κ2) is 5.68. The van der Waals surface area contributed by atoms with E-state index in [9.17, 15) is 4.79 Å². The van der Waals surface area contributed by atoms with Gasteiger partial charge in [0, 0.05) is 31.8 Å². The minimum atomic E-state index is 0.157. The third-order valence-electron chi connectivity index (χ3n) is 2.88. The number of amides is 1. The second-order valence-corrected chi connectivity index (χ2v) is 4.32. The van der Waals surface area contributed by atoms with Gasteiger partial charge < -0.3 is 15.4 Å². The zero-order chi connectivity index (χ0) is 12.1. The summed E-state index contributed by atoms with van der Waals surface area (Å²) in [6.07, 6.45) is 1.57. The highest BCUT2D eigenvalue weighted by Crippen LogP contribution is 2.13. The number of hydrogen-bond donors (Lipinski definition) is 2. The summed E-state index contributed by atoms with van der Waals surface area (Å²) in [5.74, 6) is 0.157. The molecule has 1 unspecified atom stereocenters. The number of nitrogens with one attached hydrogen (secondary N) is 2. The fraction of sp³-hybridized carbons (Fsp3) is 0.462. The number of rotatable bonds is 5. The maximum Gasteiger partial charge on any atom is 0.220 e. The molecular formula is C13H18N2O2. The first-order chi connectivity index (χ1) is 8.28. The lowest BCUT2D eigenvalue weighted by molar-refractivity contribution is -0.119. The molecule has 0 bridgehead atoms. The third-order valence-corrected chi connectivity index (χ3v) is 2.88. The average molecular weight is 234 g/mol. The predicted octanol–water partition coefficient (Wildman–Crippen LogP) is 1.52. The van der Waals surface area contributed by atoms with Crippen LogP contribution in [0, 0.1) is 0 Å². The van der Waals surface area contributed by atoms with Crippen LogP contribution in [-0.4, -0.2) is 25.6 Å². The van der Waals surface area contributed by atoms with E-state index in [0.29, 0.717) is 13.0 Å². The van der Waals surface area contributed by atoms with Gasteiger partial charge >= 0.3 is 0 Å². The van der Waals surface area contributed by atoms with Crippen LogP contribution in [0.5, 0.6) is 0 Å². The van der Waals surface area contributed by atoms with Crippen LogP contribution in [0.25, 0.3) is 0 Å². The van der Waals surface area contributed by atoms with Crippen molar-refractivity contribution in [3.63, 3.8) is 0 Å². The van der Waals surface area contributed by atoms with Crippen LogP contribution in [0.3, 0.4) is 0 Å². The average Bonchev–Trinajstić information content (AvgIpc) is 2.74. The molecule has 2 N–H and O–H groups in total. The Balaban J connectivity index is 1.85. The Morgan fingerprint density at radius 3 is 3.12 bits per heavy atom. The number of anilines is 1. The molecule has 0 radical (unpaired) electrons. The molecule has 17 heavy (non-hydrogen) atoms. The van der Waals surface area contributed by atoms with E-state index in [4.69, 9.17) is 4.74 Å². The standard InChI is InChI=1S/C13H18N2O2/c1-17-9-10-3-2-4-11(7-10)14-8-12-5-6-13(16)15-12/h2-4,7,12,14H,5-6,8-9H2,1H3,(H,15,16). The fourth-order valence-corrected chi connectivity index (χ4v) is 2.01. The largest absolute Gasteiger partial charge is 0.383 e. The molecule has 0 aliphatic carbocycles. The topological polar surface area (TPSA) is 50.4 Å². The molecule has 1 aliphatic heterocycles. The van der Waals surface area contributed by atoms with E-state index < -0.39 is 0 Å². The molecule has 4 nitrogen and oxygen atoms in total.